The molecule has 2 N–H and O–H groups in total. The quantitative estimate of drug-likeness (QED) is 0.491. The Morgan fingerprint density at radius 2 is 1.75 bits per heavy atom. The van der Waals surface area contributed by atoms with Crippen molar-refractivity contribution < 1.29 is 19.1 Å². The number of ether oxygens (including phenoxy) is 2. The molecule has 2 fully saturated rings. The smallest absolute Gasteiger partial charge is 0.309 e. The number of rotatable bonds is 9. The molecule has 36 heavy (non-hydrogen) atoms. The SMILES string of the molecule is COc1ccc(N2CCN([C@@H](c3cccs3)[C@H](C)NC(=O)C(=O)NCCN3CCOCC3)CC2)cc1. The molecule has 2 atom stereocenters. The lowest BCUT2D eigenvalue weighted by Gasteiger charge is -2.42. The van der Waals surface area contributed by atoms with Crippen molar-refractivity contribution in [3.05, 3.63) is 46.7 Å². The summed E-state index contributed by atoms with van der Waals surface area (Å²) in [6, 6.07) is 12.1. The van der Waals surface area contributed by atoms with Crippen LogP contribution in [0.25, 0.3) is 0 Å². The molecule has 2 aromatic rings. The summed E-state index contributed by atoms with van der Waals surface area (Å²) in [5.41, 5.74) is 1.18. The Balaban J connectivity index is 1.30. The highest BCUT2D eigenvalue weighted by Crippen LogP contribution is 2.30. The van der Waals surface area contributed by atoms with Crippen LogP contribution in [0.3, 0.4) is 0 Å². The number of amides is 2. The molecule has 2 saturated heterocycles. The second-order valence-corrected chi connectivity index (χ2v) is 10.1. The van der Waals surface area contributed by atoms with Crippen LogP contribution in [0.1, 0.15) is 17.8 Å². The summed E-state index contributed by atoms with van der Waals surface area (Å²) in [6.07, 6.45) is 0. The molecule has 9 nitrogen and oxygen atoms in total. The van der Waals surface area contributed by atoms with Crippen LogP contribution in [0.5, 0.6) is 5.75 Å². The van der Waals surface area contributed by atoms with Crippen molar-refractivity contribution in [1.29, 1.82) is 0 Å². The van der Waals surface area contributed by atoms with Gasteiger partial charge >= 0.3 is 11.8 Å². The third-order valence-corrected chi connectivity index (χ3v) is 7.78. The number of nitrogens with one attached hydrogen (secondary N) is 2. The average molecular weight is 516 g/mol. The number of nitrogens with zero attached hydrogens (tertiary/aromatic N) is 3. The largest absolute Gasteiger partial charge is 0.497 e. The van der Waals surface area contributed by atoms with Crippen LogP contribution >= 0.6 is 11.3 Å². The van der Waals surface area contributed by atoms with Gasteiger partial charge in [0.1, 0.15) is 5.75 Å². The number of anilines is 1. The number of piperazine rings is 1. The summed E-state index contributed by atoms with van der Waals surface area (Å²) in [5, 5.41) is 7.78. The monoisotopic (exact) mass is 515 g/mol. The summed E-state index contributed by atoms with van der Waals surface area (Å²) in [4.78, 5) is 33.3. The first-order valence-corrected chi connectivity index (χ1v) is 13.5. The van der Waals surface area contributed by atoms with Crippen molar-refractivity contribution in [2.24, 2.45) is 0 Å². The number of thiophene rings is 1. The fourth-order valence-electron chi connectivity index (χ4n) is 4.84. The molecule has 196 valence electrons. The van der Waals surface area contributed by atoms with Crippen molar-refractivity contribution in [3.8, 4) is 5.75 Å². The lowest BCUT2D eigenvalue weighted by Crippen LogP contribution is -2.54. The maximum Gasteiger partial charge on any atom is 0.309 e. The Hall–Kier alpha value is -2.66. The van der Waals surface area contributed by atoms with Gasteiger partial charge in [0, 0.05) is 69.0 Å². The number of morpholine rings is 1. The molecule has 0 spiro atoms. The molecule has 0 bridgehead atoms. The van der Waals surface area contributed by atoms with Gasteiger partial charge in [-0.3, -0.25) is 19.4 Å². The fraction of sp³-hybridized carbons (Fsp3) is 0.538. The van der Waals surface area contributed by atoms with E-state index in [1.54, 1.807) is 18.4 Å². The van der Waals surface area contributed by atoms with Crippen LogP contribution in [0.4, 0.5) is 5.69 Å². The van der Waals surface area contributed by atoms with Crippen molar-refractivity contribution in [1.82, 2.24) is 20.4 Å². The molecule has 2 aliphatic rings. The van der Waals surface area contributed by atoms with E-state index >= 15 is 0 Å². The van der Waals surface area contributed by atoms with Crippen LogP contribution in [-0.2, 0) is 14.3 Å². The van der Waals surface area contributed by atoms with Gasteiger partial charge < -0.3 is 25.0 Å². The van der Waals surface area contributed by atoms with E-state index in [-0.39, 0.29) is 12.1 Å². The van der Waals surface area contributed by atoms with Gasteiger partial charge in [0.25, 0.3) is 0 Å². The minimum Gasteiger partial charge on any atom is -0.497 e. The summed E-state index contributed by atoms with van der Waals surface area (Å²) < 4.78 is 10.6. The lowest BCUT2D eigenvalue weighted by atomic mass is 10.0. The third-order valence-electron chi connectivity index (χ3n) is 6.84. The molecule has 1 aromatic carbocycles. The van der Waals surface area contributed by atoms with Gasteiger partial charge in [-0.2, -0.15) is 0 Å². The van der Waals surface area contributed by atoms with Gasteiger partial charge in [0.05, 0.1) is 26.4 Å². The maximum absolute atomic E-state index is 12.7. The van der Waals surface area contributed by atoms with Crippen molar-refractivity contribution >= 4 is 28.8 Å². The Bertz CT molecular complexity index is 957. The first kappa shape index (κ1) is 26.4. The molecule has 0 saturated carbocycles. The number of carbonyl (C=O) groups is 2. The number of carbonyl (C=O) groups excluding carboxylic acids is 2. The van der Waals surface area contributed by atoms with Gasteiger partial charge in [-0.05, 0) is 42.6 Å². The zero-order valence-corrected chi connectivity index (χ0v) is 22.0. The molecule has 3 heterocycles. The number of hydrogen-bond acceptors (Lipinski definition) is 8. The van der Waals surface area contributed by atoms with E-state index in [0.29, 0.717) is 26.3 Å². The van der Waals surface area contributed by atoms with E-state index in [0.717, 1.165) is 45.0 Å². The zero-order valence-electron chi connectivity index (χ0n) is 21.2. The molecule has 2 aliphatic heterocycles. The Kier molecular flexibility index (Phi) is 9.57. The van der Waals surface area contributed by atoms with Crippen LogP contribution in [-0.4, -0.2) is 100 Å². The van der Waals surface area contributed by atoms with Crippen molar-refractivity contribution in [2.45, 2.75) is 19.0 Å². The Morgan fingerprint density at radius 3 is 2.39 bits per heavy atom. The summed E-state index contributed by atoms with van der Waals surface area (Å²) in [6.45, 7) is 9.78. The first-order valence-electron chi connectivity index (χ1n) is 12.6. The fourth-order valence-corrected chi connectivity index (χ4v) is 5.80. The molecule has 4 rings (SSSR count). The van der Waals surface area contributed by atoms with Gasteiger partial charge in [-0.25, -0.2) is 0 Å². The first-order chi connectivity index (χ1) is 17.5. The molecule has 2 amide bonds. The van der Waals surface area contributed by atoms with Crippen LogP contribution in [0.2, 0.25) is 0 Å². The van der Waals surface area contributed by atoms with Crippen LogP contribution < -0.4 is 20.3 Å². The molecule has 0 aliphatic carbocycles. The maximum atomic E-state index is 12.7. The topological polar surface area (TPSA) is 86.4 Å². The van der Waals surface area contributed by atoms with E-state index in [1.165, 1.54) is 10.6 Å². The summed E-state index contributed by atoms with van der Waals surface area (Å²) >= 11 is 1.68. The standard InChI is InChI=1S/C26H37N5O4S/c1-20(28-26(33)25(32)27-9-10-29-15-17-35-18-16-29)24(23-4-3-19-36-23)31-13-11-30(12-14-31)21-5-7-22(34-2)8-6-21/h3-8,19-20,24H,9-18H2,1-2H3,(H,27,32)(H,28,33)/t20-,24+/m0/s1. The zero-order chi connectivity index (χ0) is 25.3. The van der Waals surface area contributed by atoms with Crippen molar-refractivity contribution in [3.63, 3.8) is 0 Å². The van der Waals surface area contributed by atoms with Crippen molar-refractivity contribution in [2.75, 3.05) is 77.6 Å². The highest BCUT2D eigenvalue weighted by Gasteiger charge is 2.32. The van der Waals surface area contributed by atoms with Gasteiger partial charge in [-0.15, -0.1) is 11.3 Å². The predicted molar refractivity (Wildman–Crippen MR) is 142 cm³/mol. The second-order valence-electron chi connectivity index (χ2n) is 9.15. The van der Waals surface area contributed by atoms with Gasteiger partial charge in [-0.1, -0.05) is 6.07 Å². The van der Waals surface area contributed by atoms with Gasteiger partial charge in [0.15, 0.2) is 0 Å². The molecular weight excluding hydrogens is 478 g/mol. The number of hydrogen-bond donors (Lipinski definition) is 2. The average Bonchev–Trinajstić information content (AvgIpc) is 3.44. The molecule has 10 heteroatoms. The Labute approximate surface area is 217 Å². The summed E-state index contributed by atoms with van der Waals surface area (Å²) in [5.74, 6) is -0.308. The highest BCUT2D eigenvalue weighted by atomic mass is 32.1. The van der Waals surface area contributed by atoms with E-state index < -0.39 is 11.8 Å². The van der Waals surface area contributed by atoms with E-state index in [4.69, 9.17) is 9.47 Å². The minimum absolute atomic E-state index is 0.00752. The van der Waals surface area contributed by atoms with Crippen LogP contribution in [0.15, 0.2) is 41.8 Å². The van der Waals surface area contributed by atoms with Crippen LogP contribution in [0, 0.1) is 0 Å². The predicted octanol–water partition coefficient (Wildman–Crippen LogP) is 1.57. The highest BCUT2D eigenvalue weighted by molar-refractivity contribution is 7.10. The number of benzene rings is 1. The normalized spacial score (nSPS) is 18.9. The van der Waals surface area contributed by atoms with E-state index in [1.807, 2.05) is 25.1 Å². The number of methoxy groups -OCH3 is 1. The molecule has 1 aromatic heterocycles. The third kappa shape index (κ3) is 6.97. The molecular formula is C26H37N5O4S. The second kappa shape index (κ2) is 13.0. The summed E-state index contributed by atoms with van der Waals surface area (Å²) in [7, 11) is 1.67. The molecule has 0 unspecified atom stereocenters. The van der Waals surface area contributed by atoms with E-state index in [9.17, 15) is 9.59 Å². The minimum atomic E-state index is -0.581. The molecule has 0 radical (unpaired) electrons. The van der Waals surface area contributed by atoms with Gasteiger partial charge in [0.2, 0.25) is 0 Å². The lowest BCUT2D eigenvalue weighted by molar-refractivity contribution is -0.139. The van der Waals surface area contributed by atoms with E-state index in [2.05, 4.69) is 48.9 Å². The Morgan fingerprint density at radius 1 is 1.03 bits per heavy atom.